The Morgan fingerprint density at radius 2 is 1.85 bits per heavy atom. The number of anilines is 2. The Bertz CT molecular complexity index is 651. The number of carbonyl (C=O) groups excluding carboxylic acids is 1. The minimum atomic E-state index is -0.0119. The summed E-state index contributed by atoms with van der Waals surface area (Å²) in [6, 6.07) is 15.4. The normalized spacial score (nSPS) is 17.6. The molecule has 0 aliphatic carbocycles. The molecule has 0 radical (unpaired) electrons. The molecule has 1 unspecified atom stereocenters. The van der Waals surface area contributed by atoms with Crippen LogP contribution in [-0.4, -0.2) is 12.5 Å². The minimum Gasteiger partial charge on any atom is -0.398 e. The molecule has 1 amide bonds. The lowest BCUT2D eigenvalue weighted by Crippen LogP contribution is -2.39. The average Bonchev–Trinajstić information content (AvgIpc) is 2.46. The quantitative estimate of drug-likeness (QED) is 0.806. The van der Waals surface area contributed by atoms with Gasteiger partial charge >= 0.3 is 0 Å². The molecule has 3 rings (SSSR count). The highest BCUT2D eigenvalue weighted by molar-refractivity contribution is 6.09. The Labute approximate surface area is 119 Å². The van der Waals surface area contributed by atoms with Crippen molar-refractivity contribution < 1.29 is 4.79 Å². The van der Waals surface area contributed by atoms with E-state index in [9.17, 15) is 4.79 Å². The van der Waals surface area contributed by atoms with Crippen molar-refractivity contribution in [2.75, 3.05) is 17.2 Å². The van der Waals surface area contributed by atoms with E-state index in [-0.39, 0.29) is 5.91 Å². The molecular formula is C17H18N2O. The highest BCUT2D eigenvalue weighted by Crippen LogP contribution is 2.31. The molecule has 2 aromatic rings. The lowest BCUT2D eigenvalue weighted by molar-refractivity contribution is 0.0982. The first-order chi connectivity index (χ1) is 9.66. The van der Waals surface area contributed by atoms with E-state index in [4.69, 9.17) is 5.73 Å². The molecule has 20 heavy (non-hydrogen) atoms. The van der Waals surface area contributed by atoms with Gasteiger partial charge in [-0.3, -0.25) is 4.79 Å². The first kappa shape index (κ1) is 12.7. The first-order valence-electron chi connectivity index (χ1n) is 6.91. The number of benzene rings is 2. The van der Waals surface area contributed by atoms with Crippen LogP contribution in [0.5, 0.6) is 0 Å². The van der Waals surface area contributed by atoms with E-state index in [0.29, 0.717) is 17.2 Å². The van der Waals surface area contributed by atoms with Crippen LogP contribution in [0, 0.1) is 5.92 Å². The van der Waals surface area contributed by atoms with E-state index >= 15 is 0 Å². The van der Waals surface area contributed by atoms with Crippen molar-refractivity contribution in [3.63, 3.8) is 0 Å². The van der Waals surface area contributed by atoms with Crippen LogP contribution >= 0.6 is 0 Å². The second-order valence-corrected chi connectivity index (χ2v) is 5.44. The summed E-state index contributed by atoms with van der Waals surface area (Å²) in [5.41, 5.74) is 9.29. The molecule has 0 aromatic heterocycles. The second kappa shape index (κ2) is 5.00. The number of amides is 1. The predicted molar refractivity (Wildman–Crippen MR) is 81.8 cm³/mol. The summed E-state index contributed by atoms with van der Waals surface area (Å²) < 4.78 is 0. The Morgan fingerprint density at radius 3 is 2.65 bits per heavy atom. The van der Waals surface area contributed by atoms with Crippen LogP contribution in [0.15, 0.2) is 48.5 Å². The standard InChI is InChI=1S/C17H18N2O/c1-12-10-13-6-2-5-9-16(13)19(11-12)17(20)14-7-3-4-8-15(14)18/h2-9,12H,10-11,18H2,1H3. The number of nitrogen functional groups attached to an aromatic ring is 1. The molecule has 1 heterocycles. The van der Waals surface area contributed by atoms with Crippen LogP contribution in [0.3, 0.4) is 0 Å². The van der Waals surface area contributed by atoms with Crippen molar-refractivity contribution in [2.24, 2.45) is 5.92 Å². The van der Waals surface area contributed by atoms with Gasteiger partial charge in [0.05, 0.1) is 5.56 Å². The van der Waals surface area contributed by atoms with E-state index in [1.54, 1.807) is 12.1 Å². The van der Waals surface area contributed by atoms with Gasteiger partial charge in [0, 0.05) is 17.9 Å². The van der Waals surface area contributed by atoms with Crippen LogP contribution in [0.1, 0.15) is 22.8 Å². The predicted octanol–water partition coefficient (Wildman–Crippen LogP) is 3.11. The Hall–Kier alpha value is -2.29. The molecule has 1 aliphatic heterocycles. The summed E-state index contributed by atoms with van der Waals surface area (Å²) in [5, 5.41) is 0. The lowest BCUT2D eigenvalue weighted by Gasteiger charge is -2.33. The Morgan fingerprint density at radius 1 is 1.15 bits per heavy atom. The molecule has 0 bridgehead atoms. The molecule has 0 fully saturated rings. The van der Waals surface area contributed by atoms with E-state index in [0.717, 1.165) is 18.7 Å². The van der Waals surface area contributed by atoms with E-state index in [1.165, 1.54) is 5.56 Å². The van der Waals surface area contributed by atoms with Crippen LogP contribution in [0.4, 0.5) is 11.4 Å². The zero-order valence-corrected chi connectivity index (χ0v) is 11.5. The SMILES string of the molecule is CC1Cc2ccccc2N(C(=O)c2ccccc2N)C1. The maximum Gasteiger partial charge on any atom is 0.260 e. The minimum absolute atomic E-state index is 0.0119. The van der Waals surface area contributed by atoms with Crippen molar-refractivity contribution in [3.05, 3.63) is 59.7 Å². The van der Waals surface area contributed by atoms with Crippen molar-refractivity contribution in [3.8, 4) is 0 Å². The van der Waals surface area contributed by atoms with E-state index in [1.807, 2.05) is 35.2 Å². The lowest BCUT2D eigenvalue weighted by atomic mass is 9.93. The Kier molecular flexibility index (Phi) is 3.18. The summed E-state index contributed by atoms with van der Waals surface area (Å²) in [7, 11) is 0. The number of carbonyl (C=O) groups is 1. The van der Waals surface area contributed by atoms with Crippen LogP contribution < -0.4 is 10.6 Å². The highest BCUT2D eigenvalue weighted by Gasteiger charge is 2.27. The van der Waals surface area contributed by atoms with Gasteiger partial charge < -0.3 is 10.6 Å². The van der Waals surface area contributed by atoms with E-state index < -0.39 is 0 Å². The zero-order chi connectivity index (χ0) is 14.1. The van der Waals surface area contributed by atoms with Crippen molar-refractivity contribution in [1.29, 1.82) is 0 Å². The number of hydrogen-bond acceptors (Lipinski definition) is 2. The molecule has 102 valence electrons. The fourth-order valence-corrected chi connectivity index (χ4v) is 2.83. The van der Waals surface area contributed by atoms with Crippen molar-refractivity contribution in [1.82, 2.24) is 0 Å². The van der Waals surface area contributed by atoms with Gasteiger partial charge in [0.1, 0.15) is 0 Å². The van der Waals surface area contributed by atoms with E-state index in [2.05, 4.69) is 13.0 Å². The monoisotopic (exact) mass is 266 g/mol. The topological polar surface area (TPSA) is 46.3 Å². The smallest absolute Gasteiger partial charge is 0.260 e. The van der Waals surface area contributed by atoms with Crippen molar-refractivity contribution in [2.45, 2.75) is 13.3 Å². The third-order valence-corrected chi connectivity index (χ3v) is 3.78. The van der Waals surface area contributed by atoms with Gasteiger partial charge in [0.2, 0.25) is 0 Å². The van der Waals surface area contributed by atoms with Gasteiger partial charge in [-0.25, -0.2) is 0 Å². The number of fused-ring (bicyclic) bond motifs is 1. The average molecular weight is 266 g/mol. The molecule has 1 atom stereocenters. The summed E-state index contributed by atoms with van der Waals surface area (Å²) in [6.45, 7) is 2.91. The first-order valence-corrected chi connectivity index (χ1v) is 6.91. The fraction of sp³-hybridized carbons (Fsp3) is 0.235. The van der Waals surface area contributed by atoms with Gasteiger partial charge in [0.15, 0.2) is 0 Å². The van der Waals surface area contributed by atoms with Gasteiger partial charge in [-0.1, -0.05) is 37.3 Å². The van der Waals surface area contributed by atoms with Crippen molar-refractivity contribution >= 4 is 17.3 Å². The van der Waals surface area contributed by atoms with Crippen LogP contribution in [-0.2, 0) is 6.42 Å². The number of para-hydroxylation sites is 2. The van der Waals surface area contributed by atoms with Gasteiger partial charge in [-0.05, 0) is 36.1 Å². The maximum absolute atomic E-state index is 12.8. The van der Waals surface area contributed by atoms with Crippen LogP contribution in [0.2, 0.25) is 0 Å². The molecular weight excluding hydrogens is 248 g/mol. The van der Waals surface area contributed by atoms with Crippen LogP contribution in [0.25, 0.3) is 0 Å². The van der Waals surface area contributed by atoms with Gasteiger partial charge in [-0.2, -0.15) is 0 Å². The summed E-state index contributed by atoms with van der Waals surface area (Å²) in [4.78, 5) is 14.6. The number of rotatable bonds is 1. The summed E-state index contributed by atoms with van der Waals surface area (Å²) in [6.07, 6.45) is 1.02. The van der Waals surface area contributed by atoms with Gasteiger partial charge in [-0.15, -0.1) is 0 Å². The molecule has 0 spiro atoms. The third kappa shape index (κ3) is 2.16. The molecule has 1 aliphatic rings. The molecule has 3 heteroatoms. The zero-order valence-electron chi connectivity index (χ0n) is 11.5. The summed E-state index contributed by atoms with van der Waals surface area (Å²) in [5.74, 6) is 0.445. The molecule has 2 aromatic carbocycles. The second-order valence-electron chi connectivity index (χ2n) is 5.44. The number of nitrogens with zero attached hydrogens (tertiary/aromatic N) is 1. The number of nitrogens with two attached hydrogens (primary N) is 1. The third-order valence-electron chi connectivity index (χ3n) is 3.78. The molecule has 3 nitrogen and oxygen atoms in total. The number of hydrogen-bond donors (Lipinski definition) is 1. The Balaban J connectivity index is 2.02. The maximum atomic E-state index is 12.8. The summed E-state index contributed by atoms with van der Waals surface area (Å²) >= 11 is 0. The fourth-order valence-electron chi connectivity index (χ4n) is 2.83. The van der Waals surface area contributed by atoms with Gasteiger partial charge in [0.25, 0.3) is 5.91 Å². The highest BCUT2D eigenvalue weighted by atomic mass is 16.2. The molecule has 2 N–H and O–H groups in total. The molecule has 0 saturated carbocycles. The molecule has 0 saturated heterocycles. The largest absolute Gasteiger partial charge is 0.398 e.